The Hall–Kier alpha value is -5.34. The van der Waals surface area contributed by atoms with Crippen molar-refractivity contribution < 1.29 is 0 Å². The van der Waals surface area contributed by atoms with E-state index in [2.05, 4.69) is 162 Å². The standard InChI is InChI=1S/C38H30N2/c1-30(31-22-26-37(27-23-31)39(33-14-6-2-7-15-33)34-16-8-3-9-17-34)32-24-28-38(29-25-32)40(35-18-10-4-11-19-35)36-20-12-5-13-21-36/h2-29H,1H2. The van der Waals surface area contributed by atoms with Gasteiger partial charge in [0, 0.05) is 34.1 Å². The van der Waals surface area contributed by atoms with Crippen LogP contribution in [-0.4, -0.2) is 0 Å². The third kappa shape index (κ3) is 5.29. The molecule has 0 saturated heterocycles. The van der Waals surface area contributed by atoms with E-state index >= 15 is 0 Å². The molecule has 6 aromatic rings. The van der Waals surface area contributed by atoms with Crippen LogP contribution in [0.15, 0.2) is 176 Å². The van der Waals surface area contributed by atoms with E-state index in [9.17, 15) is 0 Å². The van der Waals surface area contributed by atoms with Gasteiger partial charge in [-0.15, -0.1) is 0 Å². The molecule has 192 valence electrons. The van der Waals surface area contributed by atoms with Crippen LogP contribution in [0.25, 0.3) is 5.57 Å². The van der Waals surface area contributed by atoms with Crippen LogP contribution in [-0.2, 0) is 0 Å². The van der Waals surface area contributed by atoms with Gasteiger partial charge in [0.1, 0.15) is 0 Å². The minimum absolute atomic E-state index is 0.995. The van der Waals surface area contributed by atoms with E-state index in [1.165, 1.54) is 0 Å². The number of anilines is 6. The van der Waals surface area contributed by atoms with Crippen molar-refractivity contribution in [3.05, 3.63) is 188 Å². The minimum atomic E-state index is 0.995. The van der Waals surface area contributed by atoms with E-state index in [4.69, 9.17) is 0 Å². The van der Waals surface area contributed by atoms with Crippen molar-refractivity contribution in [2.24, 2.45) is 0 Å². The lowest BCUT2D eigenvalue weighted by atomic mass is 9.98. The van der Waals surface area contributed by atoms with Gasteiger partial charge in [0.2, 0.25) is 0 Å². The first-order chi connectivity index (χ1) is 19.8. The van der Waals surface area contributed by atoms with Gasteiger partial charge in [-0.1, -0.05) is 104 Å². The van der Waals surface area contributed by atoms with Crippen molar-refractivity contribution in [2.75, 3.05) is 9.80 Å². The summed E-state index contributed by atoms with van der Waals surface area (Å²) in [5, 5.41) is 0. The van der Waals surface area contributed by atoms with Gasteiger partial charge in [0.15, 0.2) is 0 Å². The van der Waals surface area contributed by atoms with E-state index in [0.29, 0.717) is 0 Å². The molecule has 0 fully saturated rings. The highest BCUT2D eigenvalue weighted by Crippen LogP contribution is 2.37. The van der Waals surface area contributed by atoms with Crippen molar-refractivity contribution in [1.82, 2.24) is 0 Å². The molecule has 0 N–H and O–H groups in total. The summed E-state index contributed by atoms with van der Waals surface area (Å²) in [4.78, 5) is 4.53. The topological polar surface area (TPSA) is 6.48 Å². The highest BCUT2D eigenvalue weighted by Gasteiger charge is 2.14. The van der Waals surface area contributed by atoms with Crippen LogP contribution >= 0.6 is 0 Å². The number of nitrogens with zero attached hydrogens (tertiary/aromatic N) is 2. The van der Waals surface area contributed by atoms with Crippen LogP contribution in [0, 0.1) is 0 Å². The molecule has 0 aliphatic heterocycles. The number of hydrogen-bond acceptors (Lipinski definition) is 2. The van der Waals surface area contributed by atoms with Crippen molar-refractivity contribution >= 4 is 39.7 Å². The molecule has 6 aromatic carbocycles. The molecule has 0 unspecified atom stereocenters. The summed E-state index contributed by atoms with van der Waals surface area (Å²) in [6, 6.07) is 59.1. The maximum Gasteiger partial charge on any atom is 0.0462 e. The molecule has 6 rings (SSSR count). The Kier molecular flexibility index (Phi) is 7.23. The van der Waals surface area contributed by atoms with Crippen LogP contribution in [0.3, 0.4) is 0 Å². The molecule has 0 atom stereocenters. The maximum atomic E-state index is 4.45. The summed E-state index contributed by atoms with van der Waals surface area (Å²) in [6.07, 6.45) is 0. The SMILES string of the molecule is C=C(c1ccc(N(c2ccccc2)c2ccccc2)cc1)c1ccc(N(c2ccccc2)c2ccccc2)cc1. The molecule has 0 aliphatic carbocycles. The first kappa shape index (κ1) is 25.0. The normalized spacial score (nSPS) is 10.6. The lowest BCUT2D eigenvalue weighted by Gasteiger charge is -2.26. The fraction of sp³-hybridized carbons (Fsp3) is 0. The molecule has 0 aromatic heterocycles. The van der Waals surface area contributed by atoms with Crippen LogP contribution in [0.4, 0.5) is 34.1 Å². The third-order valence-electron chi connectivity index (χ3n) is 7.01. The van der Waals surface area contributed by atoms with Gasteiger partial charge in [0.05, 0.1) is 0 Å². The monoisotopic (exact) mass is 514 g/mol. The predicted octanol–water partition coefficient (Wildman–Crippen LogP) is 10.7. The lowest BCUT2D eigenvalue weighted by Crippen LogP contribution is -2.09. The Balaban J connectivity index is 1.27. The lowest BCUT2D eigenvalue weighted by molar-refractivity contribution is 1.28. The molecule has 2 heteroatoms. The van der Waals surface area contributed by atoms with Gasteiger partial charge in [-0.2, -0.15) is 0 Å². The third-order valence-corrected chi connectivity index (χ3v) is 7.01. The van der Waals surface area contributed by atoms with Gasteiger partial charge in [-0.05, 0) is 89.5 Å². The van der Waals surface area contributed by atoms with E-state index < -0.39 is 0 Å². The van der Waals surface area contributed by atoms with E-state index in [0.717, 1.165) is 50.8 Å². The minimum Gasteiger partial charge on any atom is -0.311 e. The fourth-order valence-corrected chi connectivity index (χ4v) is 4.99. The smallest absolute Gasteiger partial charge is 0.0462 e. The Labute approximate surface area is 236 Å². The first-order valence-electron chi connectivity index (χ1n) is 13.5. The summed E-state index contributed by atoms with van der Waals surface area (Å²) in [7, 11) is 0. The molecule has 0 bridgehead atoms. The summed E-state index contributed by atoms with van der Waals surface area (Å²) >= 11 is 0. The molecule has 0 spiro atoms. The average molecular weight is 515 g/mol. The maximum absolute atomic E-state index is 4.45. The Morgan fingerprint density at radius 3 is 0.775 bits per heavy atom. The molecule has 0 radical (unpaired) electrons. The molecule has 0 heterocycles. The molecule has 2 nitrogen and oxygen atoms in total. The van der Waals surface area contributed by atoms with Crippen LogP contribution in [0.5, 0.6) is 0 Å². The quantitative estimate of drug-likeness (QED) is 0.199. The molecular formula is C38H30N2. The fourth-order valence-electron chi connectivity index (χ4n) is 4.99. The van der Waals surface area contributed by atoms with Crippen molar-refractivity contribution in [2.45, 2.75) is 0 Å². The second kappa shape index (κ2) is 11.6. The van der Waals surface area contributed by atoms with Crippen LogP contribution in [0.1, 0.15) is 11.1 Å². The molecular weight excluding hydrogens is 484 g/mol. The highest BCUT2D eigenvalue weighted by molar-refractivity contribution is 5.83. The van der Waals surface area contributed by atoms with Crippen LogP contribution in [0.2, 0.25) is 0 Å². The molecule has 0 amide bonds. The first-order valence-corrected chi connectivity index (χ1v) is 13.5. The Morgan fingerprint density at radius 1 is 0.300 bits per heavy atom. The number of benzene rings is 6. The number of rotatable bonds is 8. The Bertz CT molecular complexity index is 1450. The molecule has 40 heavy (non-hydrogen) atoms. The van der Waals surface area contributed by atoms with Crippen molar-refractivity contribution in [3.63, 3.8) is 0 Å². The zero-order chi connectivity index (χ0) is 27.1. The van der Waals surface area contributed by atoms with Gasteiger partial charge >= 0.3 is 0 Å². The summed E-state index contributed by atoms with van der Waals surface area (Å²) < 4.78 is 0. The van der Waals surface area contributed by atoms with Gasteiger partial charge < -0.3 is 9.80 Å². The zero-order valence-corrected chi connectivity index (χ0v) is 22.3. The predicted molar refractivity (Wildman–Crippen MR) is 170 cm³/mol. The average Bonchev–Trinajstić information content (AvgIpc) is 3.04. The van der Waals surface area contributed by atoms with Gasteiger partial charge in [-0.25, -0.2) is 0 Å². The van der Waals surface area contributed by atoms with E-state index in [-0.39, 0.29) is 0 Å². The zero-order valence-electron chi connectivity index (χ0n) is 22.3. The van der Waals surface area contributed by atoms with Crippen LogP contribution < -0.4 is 9.80 Å². The number of hydrogen-bond donors (Lipinski definition) is 0. The number of para-hydroxylation sites is 4. The summed E-state index contributed by atoms with van der Waals surface area (Å²) in [6.45, 7) is 4.45. The summed E-state index contributed by atoms with van der Waals surface area (Å²) in [5.74, 6) is 0. The highest BCUT2D eigenvalue weighted by atomic mass is 15.1. The largest absolute Gasteiger partial charge is 0.311 e. The van der Waals surface area contributed by atoms with E-state index in [1.54, 1.807) is 0 Å². The van der Waals surface area contributed by atoms with Gasteiger partial charge in [-0.3, -0.25) is 0 Å². The molecule has 0 aliphatic rings. The van der Waals surface area contributed by atoms with E-state index in [1.807, 2.05) is 24.3 Å². The van der Waals surface area contributed by atoms with Gasteiger partial charge in [0.25, 0.3) is 0 Å². The van der Waals surface area contributed by atoms with Crippen molar-refractivity contribution in [3.8, 4) is 0 Å². The Morgan fingerprint density at radius 2 is 0.525 bits per heavy atom. The summed E-state index contributed by atoms with van der Waals surface area (Å²) in [5.41, 5.74) is 9.89. The second-order valence-corrected chi connectivity index (χ2v) is 9.59. The second-order valence-electron chi connectivity index (χ2n) is 9.59. The van der Waals surface area contributed by atoms with Crippen molar-refractivity contribution in [1.29, 1.82) is 0 Å². The molecule has 0 saturated carbocycles.